The van der Waals surface area contributed by atoms with Gasteiger partial charge in [0, 0.05) is 35.3 Å². The van der Waals surface area contributed by atoms with Crippen molar-refractivity contribution in [2.45, 2.75) is 31.7 Å². The zero-order valence-corrected chi connectivity index (χ0v) is 12.5. The van der Waals surface area contributed by atoms with E-state index in [1.54, 1.807) is 12.4 Å². The molecule has 1 aliphatic rings. The first-order valence-electron chi connectivity index (χ1n) is 6.20. The van der Waals surface area contributed by atoms with Crippen LogP contribution in [0, 0.1) is 0 Å². The first-order chi connectivity index (χ1) is 8.72. The number of carbonyl (C=O) groups is 1. The van der Waals surface area contributed by atoms with Crippen molar-refractivity contribution in [3.05, 3.63) is 28.5 Å². The molecule has 1 fully saturated rings. The van der Waals surface area contributed by atoms with Crippen molar-refractivity contribution in [1.82, 2.24) is 9.88 Å². The molecule has 0 aliphatic heterocycles. The lowest BCUT2D eigenvalue weighted by molar-refractivity contribution is 0.0580. The standard InChI is InChI=1S/C13H16BrClN2O/c14-11-7-10(8-16-9-11)13(18)17(6-2-5-15)12-3-1-4-12/h7-9,12H,1-6H2. The van der Waals surface area contributed by atoms with E-state index >= 15 is 0 Å². The maximum atomic E-state index is 12.5. The van der Waals surface area contributed by atoms with E-state index in [0.29, 0.717) is 17.5 Å². The third-order valence-electron chi connectivity index (χ3n) is 3.26. The Bertz CT molecular complexity index is 423. The molecular formula is C13H16BrClN2O. The van der Waals surface area contributed by atoms with Crippen LogP contribution in [0.5, 0.6) is 0 Å². The molecule has 0 spiro atoms. The summed E-state index contributed by atoms with van der Waals surface area (Å²) < 4.78 is 0.833. The van der Waals surface area contributed by atoms with Gasteiger partial charge in [-0.2, -0.15) is 0 Å². The molecule has 3 nitrogen and oxygen atoms in total. The molecule has 1 aliphatic carbocycles. The summed E-state index contributed by atoms with van der Waals surface area (Å²) >= 11 is 9.08. The van der Waals surface area contributed by atoms with Crippen LogP contribution < -0.4 is 0 Å². The molecule has 0 aromatic carbocycles. The molecule has 1 aromatic rings. The molecule has 1 saturated carbocycles. The lowest BCUT2D eigenvalue weighted by Gasteiger charge is -2.37. The molecule has 1 heterocycles. The van der Waals surface area contributed by atoms with Crippen molar-refractivity contribution in [1.29, 1.82) is 0 Å². The fourth-order valence-electron chi connectivity index (χ4n) is 2.07. The van der Waals surface area contributed by atoms with E-state index in [-0.39, 0.29) is 5.91 Å². The van der Waals surface area contributed by atoms with Crippen LogP contribution in [0.1, 0.15) is 36.0 Å². The minimum Gasteiger partial charge on any atom is -0.336 e. The normalized spacial score (nSPS) is 15.2. The Morgan fingerprint density at radius 2 is 2.28 bits per heavy atom. The van der Waals surface area contributed by atoms with Crippen molar-refractivity contribution in [2.24, 2.45) is 0 Å². The molecule has 2 rings (SSSR count). The number of amides is 1. The summed E-state index contributed by atoms with van der Waals surface area (Å²) in [6, 6.07) is 2.21. The highest BCUT2D eigenvalue weighted by atomic mass is 79.9. The van der Waals surface area contributed by atoms with Gasteiger partial charge >= 0.3 is 0 Å². The topological polar surface area (TPSA) is 33.2 Å². The first kappa shape index (κ1) is 13.8. The second kappa shape index (κ2) is 6.53. The quantitative estimate of drug-likeness (QED) is 0.774. The average molecular weight is 332 g/mol. The van der Waals surface area contributed by atoms with E-state index in [1.807, 2.05) is 11.0 Å². The van der Waals surface area contributed by atoms with Crippen molar-refractivity contribution in [3.63, 3.8) is 0 Å². The molecule has 0 unspecified atom stereocenters. The number of nitrogens with zero attached hydrogens (tertiary/aromatic N) is 2. The Hall–Kier alpha value is -0.610. The highest BCUT2D eigenvalue weighted by Gasteiger charge is 2.29. The molecule has 0 radical (unpaired) electrons. The highest BCUT2D eigenvalue weighted by molar-refractivity contribution is 9.10. The number of aromatic nitrogens is 1. The van der Waals surface area contributed by atoms with Gasteiger partial charge in [0.15, 0.2) is 0 Å². The van der Waals surface area contributed by atoms with E-state index in [1.165, 1.54) is 6.42 Å². The molecule has 18 heavy (non-hydrogen) atoms. The van der Waals surface area contributed by atoms with Gasteiger partial charge in [-0.1, -0.05) is 0 Å². The summed E-state index contributed by atoms with van der Waals surface area (Å²) in [7, 11) is 0. The third-order valence-corrected chi connectivity index (χ3v) is 3.96. The van der Waals surface area contributed by atoms with Crippen LogP contribution in [0.2, 0.25) is 0 Å². The number of alkyl halides is 1. The van der Waals surface area contributed by atoms with Gasteiger partial charge < -0.3 is 4.90 Å². The summed E-state index contributed by atoms with van der Waals surface area (Å²) in [5, 5.41) is 0. The van der Waals surface area contributed by atoms with Gasteiger partial charge in [-0.15, -0.1) is 11.6 Å². The number of rotatable bonds is 5. The van der Waals surface area contributed by atoms with Crippen LogP contribution in [0.15, 0.2) is 22.9 Å². The smallest absolute Gasteiger partial charge is 0.255 e. The van der Waals surface area contributed by atoms with Gasteiger partial charge in [-0.05, 0) is 47.7 Å². The first-order valence-corrected chi connectivity index (χ1v) is 7.52. The van der Waals surface area contributed by atoms with Crippen molar-refractivity contribution in [3.8, 4) is 0 Å². The van der Waals surface area contributed by atoms with Crippen LogP contribution in [-0.4, -0.2) is 34.3 Å². The Labute approximate surface area is 121 Å². The number of halogens is 2. The maximum Gasteiger partial charge on any atom is 0.255 e. The SMILES string of the molecule is O=C(c1cncc(Br)c1)N(CCCCl)C1CCC1. The lowest BCUT2D eigenvalue weighted by atomic mass is 9.91. The van der Waals surface area contributed by atoms with Gasteiger partial charge in [-0.3, -0.25) is 9.78 Å². The third kappa shape index (κ3) is 3.23. The van der Waals surface area contributed by atoms with Crippen LogP contribution >= 0.6 is 27.5 Å². The summed E-state index contributed by atoms with van der Waals surface area (Å²) in [4.78, 5) is 18.5. The van der Waals surface area contributed by atoms with Gasteiger partial charge in [-0.25, -0.2) is 0 Å². The van der Waals surface area contributed by atoms with E-state index in [9.17, 15) is 4.79 Å². The molecule has 0 bridgehead atoms. The molecule has 0 N–H and O–H groups in total. The predicted octanol–water partition coefficient (Wildman–Crippen LogP) is 3.47. The molecule has 5 heteroatoms. The Balaban J connectivity index is 2.11. The van der Waals surface area contributed by atoms with Crippen molar-refractivity contribution >= 4 is 33.4 Å². The molecule has 98 valence electrons. The molecule has 1 amide bonds. The number of hydrogen-bond acceptors (Lipinski definition) is 2. The maximum absolute atomic E-state index is 12.5. The minimum atomic E-state index is 0.0682. The fraction of sp³-hybridized carbons (Fsp3) is 0.538. The largest absolute Gasteiger partial charge is 0.336 e. The summed E-state index contributed by atoms with van der Waals surface area (Å²) in [5.74, 6) is 0.659. The van der Waals surface area contributed by atoms with E-state index in [0.717, 1.165) is 30.3 Å². The van der Waals surface area contributed by atoms with Crippen molar-refractivity contribution < 1.29 is 4.79 Å². The zero-order chi connectivity index (χ0) is 13.0. The summed E-state index contributed by atoms with van der Waals surface area (Å²) in [5.41, 5.74) is 0.644. The Morgan fingerprint density at radius 3 is 2.83 bits per heavy atom. The van der Waals surface area contributed by atoms with Gasteiger partial charge in [0.1, 0.15) is 0 Å². The molecule has 0 saturated heterocycles. The lowest BCUT2D eigenvalue weighted by Crippen LogP contribution is -2.44. The number of carbonyl (C=O) groups excluding carboxylic acids is 1. The highest BCUT2D eigenvalue weighted by Crippen LogP contribution is 2.26. The number of hydrogen-bond donors (Lipinski definition) is 0. The zero-order valence-electron chi connectivity index (χ0n) is 10.1. The molecule has 0 atom stereocenters. The summed E-state index contributed by atoms with van der Waals surface area (Å²) in [6.45, 7) is 0.736. The van der Waals surface area contributed by atoms with Gasteiger partial charge in [0.05, 0.1) is 5.56 Å². The Morgan fingerprint density at radius 1 is 1.50 bits per heavy atom. The van der Waals surface area contributed by atoms with Gasteiger partial charge in [0.25, 0.3) is 5.91 Å². The minimum absolute atomic E-state index is 0.0682. The van der Waals surface area contributed by atoms with Crippen LogP contribution in [0.25, 0.3) is 0 Å². The van der Waals surface area contributed by atoms with Crippen LogP contribution in [-0.2, 0) is 0 Å². The van der Waals surface area contributed by atoms with E-state index < -0.39 is 0 Å². The second-order valence-corrected chi connectivity index (χ2v) is 5.81. The predicted molar refractivity (Wildman–Crippen MR) is 75.9 cm³/mol. The average Bonchev–Trinajstić information content (AvgIpc) is 2.31. The van der Waals surface area contributed by atoms with Crippen LogP contribution in [0.3, 0.4) is 0 Å². The van der Waals surface area contributed by atoms with Crippen molar-refractivity contribution in [2.75, 3.05) is 12.4 Å². The number of pyridine rings is 1. The van der Waals surface area contributed by atoms with E-state index in [2.05, 4.69) is 20.9 Å². The monoisotopic (exact) mass is 330 g/mol. The van der Waals surface area contributed by atoms with E-state index in [4.69, 9.17) is 11.6 Å². The fourth-order valence-corrected chi connectivity index (χ4v) is 2.56. The Kier molecular flexibility index (Phi) is 5.01. The molecule has 1 aromatic heterocycles. The molecular weight excluding hydrogens is 316 g/mol. The summed E-state index contributed by atoms with van der Waals surface area (Å²) in [6.07, 6.45) is 7.57. The second-order valence-electron chi connectivity index (χ2n) is 4.52. The van der Waals surface area contributed by atoms with Gasteiger partial charge in [0.2, 0.25) is 0 Å². The van der Waals surface area contributed by atoms with Crippen LogP contribution in [0.4, 0.5) is 0 Å².